The molecule has 5 N–H and O–H groups in total. The molecule has 0 bridgehead atoms. The molecule has 0 saturated heterocycles. The highest BCUT2D eigenvalue weighted by Gasteiger charge is 2.19. The molecule has 0 saturated carbocycles. The summed E-state index contributed by atoms with van der Waals surface area (Å²) < 4.78 is 2.21. The summed E-state index contributed by atoms with van der Waals surface area (Å²) in [6, 6.07) is 14.3. The van der Waals surface area contributed by atoms with Gasteiger partial charge in [0.15, 0.2) is 0 Å². The van der Waals surface area contributed by atoms with Gasteiger partial charge in [0, 0.05) is 47.4 Å². The van der Waals surface area contributed by atoms with Gasteiger partial charge in [-0.3, -0.25) is 4.79 Å². The molecular weight excluding hydrogens is 400 g/mol. The number of carbonyl (C=O) groups excluding carboxylic acids is 2. The van der Waals surface area contributed by atoms with Crippen LogP contribution in [0.25, 0.3) is 22.0 Å². The van der Waals surface area contributed by atoms with Gasteiger partial charge in [-0.15, -0.1) is 0 Å². The van der Waals surface area contributed by atoms with E-state index in [4.69, 9.17) is 11.5 Å². The van der Waals surface area contributed by atoms with Crippen molar-refractivity contribution < 1.29 is 9.59 Å². The number of carbonyl (C=O) groups is 2. The van der Waals surface area contributed by atoms with Crippen LogP contribution in [0.1, 0.15) is 55.1 Å². The first-order valence-electron chi connectivity index (χ1n) is 11.4. The number of hydrogen-bond donors (Lipinski definition) is 3. The molecule has 3 aromatic rings. The molecule has 6 heteroatoms. The number of aromatic nitrogens is 1. The molecule has 0 aliphatic heterocycles. The van der Waals surface area contributed by atoms with Crippen molar-refractivity contribution >= 4 is 28.8 Å². The molecule has 1 unspecified atom stereocenters. The van der Waals surface area contributed by atoms with Crippen LogP contribution in [0.3, 0.4) is 0 Å². The highest BCUT2D eigenvalue weighted by Crippen LogP contribution is 2.37. The third kappa shape index (κ3) is 5.02. The van der Waals surface area contributed by atoms with Crippen molar-refractivity contribution in [2.45, 2.75) is 51.5 Å². The largest absolute Gasteiger partial charge is 0.382 e. The lowest BCUT2D eigenvalue weighted by Gasteiger charge is -2.21. The quantitative estimate of drug-likeness (QED) is 0.290. The van der Waals surface area contributed by atoms with Crippen LogP contribution in [0.2, 0.25) is 0 Å². The fourth-order valence-electron chi connectivity index (χ4n) is 4.51. The van der Waals surface area contributed by atoms with E-state index in [0.29, 0.717) is 18.5 Å². The summed E-state index contributed by atoms with van der Waals surface area (Å²) in [7, 11) is 2.07. The van der Waals surface area contributed by atoms with Crippen LogP contribution >= 0.6 is 0 Å². The third-order valence-electron chi connectivity index (χ3n) is 6.05. The molecule has 3 rings (SSSR count). The molecular formula is C26H34N4O2. The van der Waals surface area contributed by atoms with Gasteiger partial charge in [0.05, 0.1) is 5.56 Å². The molecule has 0 aliphatic carbocycles. The molecule has 32 heavy (non-hydrogen) atoms. The van der Waals surface area contributed by atoms with Gasteiger partial charge in [-0.1, -0.05) is 37.6 Å². The minimum Gasteiger partial charge on any atom is -0.382 e. The normalized spacial score (nSPS) is 12.1. The number of aryl methyl sites for hydroxylation is 1. The lowest BCUT2D eigenvalue weighted by molar-refractivity contribution is -0.107. The summed E-state index contributed by atoms with van der Waals surface area (Å²) in [6.07, 6.45) is 5.90. The fourth-order valence-corrected chi connectivity index (χ4v) is 4.51. The first kappa shape index (κ1) is 23.5. The van der Waals surface area contributed by atoms with Gasteiger partial charge in [-0.25, -0.2) is 0 Å². The van der Waals surface area contributed by atoms with Crippen LogP contribution in [0.4, 0.5) is 5.69 Å². The summed E-state index contributed by atoms with van der Waals surface area (Å²) in [6.45, 7) is 2.71. The lowest BCUT2D eigenvalue weighted by Crippen LogP contribution is -2.25. The molecule has 0 aliphatic rings. The zero-order valence-corrected chi connectivity index (χ0v) is 19.1. The van der Waals surface area contributed by atoms with Crippen molar-refractivity contribution in [1.29, 1.82) is 0 Å². The summed E-state index contributed by atoms with van der Waals surface area (Å²) in [5.41, 5.74) is 17.2. The molecule has 2 aromatic carbocycles. The Kier molecular flexibility index (Phi) is 8.06. The topological polar surface area (TPSA) is 103 Å². The van der Waals surface area contributed by atoms with Crippen molar-refractivity contribution in [3.63, 3.8) is 0 Å². The zero-order chi connectivity index (χ0) is 23.1. The first-order chi connectivity index (χ1) is 15.5. The zero-order valence-electron chi connectivity index (χ0n) is 19.1. The molecule has 0 fully saturated rings. The Morgan fingerprint density at radius 2 is 1.97 bits per heavy atom. The predicted molar refractivity (Wildman–Crippen MR) is 132 cm³/mol. The molecule has 6 nitrogen and oxygen atoms in total. The van der Waals surface area contributed by atoms with E-state index in [2.05, 4.69) is 36.0 Å². The number of para-hydroxylation sites is 1. The van der Waals surface area contributed by atoms with E-state index in [0.717, 1.165) is 66.1 Å². The number of rotatable bonds is 12. The second-order valence-electron chi connectivity index (χ2n) is 8.29. The van der Waals surface area contributed by atoms with E-state index >= 15 is 0 Å². The average Bonchev–Trinajstić information content (AvgIpc) is 3.06. The summed E-state index contributed by atoms with van der Waals surface area (Å²) >= 11 is 0. The summed E-state index contributed by atoms with van der Waals surface area (Å²) in [4.78, 5) is 23.0. The maximum atomic E-state index is 12.1. The monoisotopic (exact) mass is 434 g/mol. The highest BCUT2D eigenvalue weighted by molar-refractivity contribution is 6.02. The number of nitrogens with two attached hydrogens (primary N) is 2. The number of nitrogens with one attached hydrogen (secondary N) is 1. The maximum absolute atomic E-state index is 12.1. The van der Waals surface area contributed by atoms with Crippen LogP contribution in [0, 0.1) is 0 Å². The van der Waals surface area contributed by atoms with Gasteiger partial charge in [0.1, 0.15) is 6.29 Å². The van der Waals surface area contributed by atoms with E-state index in [1.54, 1.807) is 0 Å². The Labute approximate surface area is 190 Å². The molecule has 0 spiro atoms. The minimum absolute atomic E-state index is 0.179. The SMILES string of the molecule is CCCC(CCN)Nc1cc(-c2c(CCCC=O)n(C)c3ccccc23)ccc1C(N)=O. The van der Waals surface area contributed by atoms with Crippen LogP contribution in [0.15, 0.2) is 42.5 Å². The van der Waals surface area contributed by atoms with E-state index in [1.165, 1.54) is 5.69 Å². The number of aldehydes is 1. The smallest absolute Gasteiger partial charge is 0.250 e. The number of benzene rings is 2. The predicted octanol–water partition coefficient (Wildman–Crippen LogP) is 4.40. The second kappa shape index (κ2) is 11.0. The molecule has 1 heterocycles. The standard InChI is InChI=1S/C26H34N4O2/c1-3-8-19(14-15-27)29-22-17-18(12-13-20(22)26(28)32)25-21-9-4-5-10-23(21)30(2)24(25)11-6-7-16-31/h4-5,9-10,12-13,16-17,19,29H,3,6-8,11,14-15,27H2,1-2H3,(H2,28,32). The summed E-state index contributed by atoms with van der Waals surface area (Å²) in [5, 5.41) is 4.69. The van der Waals surface area contributed by atoms with Crippen molar-refractivity contribution in [1.82, 2.24) is 4.57 Å². The van der Waals surface area contributed by atoms with Crippen LogP contribution < -0.4 is 16.8 Å². The second-order valence-corrected chi connectivity index (χ2v) is 8.29. The molecule has 1 aromatic heterocycles. The minimum atomic E-state index is -0.453. The van der Waals surface area contributed by atoms with E-state index < -0.39 is 5.91 Å². The van der Waals surface area contributed by atoms with Gasteiger partial charge >= 0.3 is 0 Å². The van der Waals surface area contributed by atoms with E-state index in [9.17, 15) is 9.59 Å². The number of fused-ring (bicyclic) bond motifs is 1. The van der Waals surface area contributed by atoms with Gasteiger partial charge in [-0.2, -0.15) is 0 Å². The number of anilines is 1. The molecule has 0 radical (unpaired) electrons. The number of nitrogens with zero attached hydrogens (tertiary/aromatic N) is 1. The molecule has 1 atom stereocenters. The van der Waals surface area contributed by atoms with Crippen LogP contribution in [-0.4, -0.2) is 29.3 Å². The van der Waals surface area contributed by atoms with Crippen LogP contribution in [-0.2, 0) is 18.3 Å². The van der Waals surface area contributed by atoms with Gasteiger partial charge in [0.25, 0.3) is 5.91 Å². The van der Waals surface area contributed by atoms with Gasteiger partial charge in [0.2, 0.25) is 0 Å². The van der Waals surface area contributed by atoms with Crippen molar-refractivity contribution in [3.05, 3.63) is 53.7 Å². The lowest BCUT2D eigenvalue weighted by atomic mass is 9.96. The molecule has 170 valence electrons. The summed E-state index contributed by atoms with van der Waals surface area (Å²) in [5.74, 6) is -0.453. The Morgan fingerprint density at radius 1 is 1.19 bits per heavy atom. The first-order valence-corrected chi connectivity index (χ1v) is 11.4. The average molecular weight is 435 g/mol. The Morgan fingerprint density at radius 3 is 2.66 bits per heavy atom. The highest BCUT2D eigenvalue weighted by atomic mass is 16.1. The Bertz CT molecular complexity index is 1080. The van der Waals surface area contributed by atoms with Gasteiger partial charge < -0.3 is 26.1 Å². The van der Waals surface area contributed by atoms with Gasteiger partial charge in [-0.05, 0) is 56.0 Å². The number of primary amides is 1. The van der Waals surface area contributed by atoms with Crippen molar-refractivity contribution in [2.75, 3.05) is 11.9 Å². The number of unbranched alkanes of at least 4 members (excludes halogenated alkanes) is 1. The molecule has 1 amide bonds. The third-order valence-corrected chi connectivity index (χ3v) is 6.05. The Balaban J connectivity index is 2.13. The maximum Gasteiger partial charge on any atom is 0.250 e. The number of hydrogen-bond acceptors (Lipinski definition) is 4. The van der Waals surface area contributed by atoms with Crippen molar-refractivity contribution in [2.24, 2.45) is 18.5 Å². The van der Waals surface area contributed by atoms with E-state index in [1.807, 2.05) is 30.3 Å². The Hall–Kier alpha value is -3.12. The van der Waals surface area contributed by atoms with E-state index in [-0.39, 0.29) is 6.04 Å². The van der Waals surface area contributed by atoms with Crippen LogP contribution in [0.5, 0.6) is 0 Å². The van der Waals surface area contributed by atoms with Crippen molar-refractivity contribution in [3.8, 4) is 11.1 Å². The number of amides is 1. The fraction of sp³-hybridized carbons (Fsp3) is 0.385.